The first-order valence-corrected chi connectivity index (χ1v) is 11.1. The lowest BCUT2D eigenvalue weighted by Gasteiger charge is -2.31. The van der Waals surface area contributed by atoms with Crippen molar-refractivity contribution in [3.05, 3.63) is 60.0 Å². The van der Waals surface area contributed by atoms with Gasteiger partial charge in [-0.3, -0.25) is 9.48 Å². The van der Waals surface area contributed by atoms with Crippen molar-refractivity contribution < 1.29 is 9.21 Å². The van der Waals surface area contributed by atoms with Crippen molar-refractivity contribution in [2.75, 3.05) is 18.8 Å². The molecule has 0 saturated carbocycles. The molecule has 2 N–H and O–H groups in total. The van der Waals surface area contributed by atoms with Gasteiger partial charge in [0, 0.05) is 48.6 Å². The molecule has 168 valence electrons. The molecule has 5 rings (SSSR count). The van der Waals surface area contributed by atoms with Crippen molar-refractivity contribution in [2.24, 2.45) is 0 Å². The molecule has 0 aliphatic carbocycles. The van der Waals surface area contributed by atoms with E-state index < -0.39 is 0 Å². The van der Waals surface area contributed by atoms with E-state index in [1.165, 1.54) is 0 Å². The molecule has 1 amide bonds. The van der Waals surface area contributed by atoms with Crippen LogP contribution in [0.4, 0.5) is 5.82 Å². The van der Waals surface area contributed by atoms with Gasteiger partial charge in [-0.1, -0.05) is 11.6 Å². The summed E-state index contributed by atoms with van der Waals surface area (Å²) in [6, 6.07) is 11.5. The van der Waals surface area contributed by atoms with Crippen LogP contribution < -0.4 is 5.73 Å². The summed E-state index contributed by atoms with van der Waals surface area (Å²) in [5.41, 5.74) is 9.24. The number of carbonyl (C=O) groups excluding carboxylic acids is 1. The molecule has 3 aromatic heterocycles. The number of aromatic nitrogens is 4. The summed E-state index contributed by atoms with van der Waals surface area (Å²) in [4.78, 5) is 22.2. The number of oxazole rings is 1. The molecule has 1 saturated heterocycles. The molecule has 9 heteroatoms. The van der Waals surface area contributed by atoms with Crippen LogP contribution in [-0.4, -0.2) is 43.6 Å². The highest BCUT2D eigenvalue weighted by atomic mass is 35.5. The molecule has 4 aromatic rings. The van der Waals surface area contributed by atoms with E-state index in [2.05, 4.69) is 9.97 Å². The highest BCUT2D eigenvalue weighted by Crippen LogP contribution is 2.32. The summed E-state index contributed by atoms with van der Waals surface area (Å²) in [5, 5.41) is 5.42. The van der Waals surface area contributed by atoms with Crippen molar-refractivity contribution in [1.82, 2.24) is 24.6 Å². The van der Waals surface area contributed by atoms with Crippen molar-refractivity contribution >= 4 is 23.3 Å². The molecule has 1 aliphatic heterocycles. The number of piperidine rings is 1. The SMILES string of the molecule is CC(=O)N1CCC(n2ccc(-c3cnc(N)c(-c4ncc(-c5ccc(Cl)cc5)o4)c3)n2)CC1. The summed E-state index contributed by atoms with van der Waals surface area (Å²) in [6.45, 7) is 3.12. The fraction of sp³-hybridized carbons (Fsp3) is 0.250. The molecule has 0 unspecified atom stereocenters. The first kappa shape index (κ1) is 21.2. The lowest BCUT2D eigenvalue weighted by Crippen LogP contribution is -2.37. The lowest BCUT2D eigenvalue weighted by atomic mass is 10.1. The summed E-state index contributed by atoms with van der Waals surface area (Å²) < 4.78 is 7.94. The minimum absolute atomic E-state index is 0.126. The van der Waals surface area contributed by atoms with Crippen LogP contribution in [0, 0.1) is 0 Å². The van der Waals surface area contributed by atoms with E-state index in [1.54, 1.807) is 31.5 Å². The van der Waals surface area contributed by atoms with Gasteiger partial charge < -0.3 is 15.1 Å². The third-order valence-electron chi connectivity index (χ3n) is 5.97. The standard InChI is InChI=1S/C24H23ClN6O2/c1-15(32)30-9-6-19(7-10-30)31-11-8-21(29-31)17-12-20(23(26)27-13-17)24-28-14-22(33-24)16-2-4-18(25)5-3-16/h2-5,8,11-14,19H,6-7,9-10H2,1H3,(H2,26,27). The summed E-state index contributed by atoms with van der Waals surface area (Å²) in [7, 11) is 0. The average Bonchev–Trinajstić information content (AvgIpc) is 3.51. The van der Waals surface area contributed by atoms with E-state index in [1.807, 2.05) is 40.0 Å². The number of anilines is 1. The number of likely N-dealkylation sites (tertiary alicyclic amines) is 1. The number of rotatable bonds is 4. The Labute approximate surface area is 196 Å². The second-order valence-electron chi connectivity index (χ2n) is 8.11. The fourth-order valence-corrected chi connectivity index (χ4v) is 4.20. The second kappa shape index (κ2) is 8.71. The van der Waals surface area contributed by atoms with Gasteiger partial charge in [-0.2, -0.15) is 5.10 Å². The minimum atomic E-state index is 0.126. The summed E-state index contributed by atoms with van der Waals surface area (Å²) in [6.07, 6.45) is 7.11. The van der Waals surface area contributed by atoms with Gasteiger partial charge in [0.05, 0.1) is 23.5 Å². The van der Waals surface area contributed by atoms with Crippen LogP contribution in [0.1, 0.15) is 25.8 Å². The predicted molar refractivity (Wildman–Crippen MR) is 126 cm³/mol. The number of nitrogen functional groups attached to an aromatic ring is 1. The van der Waals surface area contributed by atoms with Crippen molar-refractivity contribution in [3.8, 4) is 34.0 Å². The quantitative estimate of drug-likeness (QED) is 0.472. The monoisotopic (exact) mass is 462 g/mol. The number of carbonyl (C=O) groups is 1. The van der Waals surface area contributed by atoms with E-state index in [-0.39, 0.29) is 11.9 Å². The van der Waals surface area contributed by atoms with Crippen LogP contribution in [0.3, 0.4) is 0 Å². The van der Waals surface area contributed by atoms with Gasteiger partial charge >= 0.3 is 0 Å². The third kappa shape index (κ3) is 4.34. The van der Waals surface area contributed by atoms with Gasteiger partial charge in [0.15, 0.2) is 5.76 Å². The van der Waals surface area contributed by atoms with Crippen LogP contribution >= 0.6 is 11.6 Å². The highest BCUT2D eigenvalue weighted by molar-refractivity contribution is 6.30. The van der Waals surface area contributed by atoms with Crippen molar-refractivity contribution in [3.63, 3.8) is 0 Å². The largest absolute Gasteiger partial charge is 0.436 e. The number of nitrogens with two attached hydrogens (primary N) is 1. The zero-order valence-corrected chi connectivity index (χ0v) is 18.9. The molecule has 1 aliphatic rings. The van der Waals surface area contributed by atoms with Gasteiger partial charge in [-0.05, 0) is 49.2 Å². The predicted octanol–water partition coefficient (Wildman–Crippen LogP) is 4.69. The molecule has 0 bridgehead atoms. The minimum Gasteiger partial charge on any atom is -0.436 e. The second-order valence-corrected chi connectivity index (χ2v) is 8.55. The Morgan fingerprint density at radius 2 is 1.85 bits per heavy atom. The number of pyridine rings is 1. The van der Waals surface area contributed by atoms with Gasteiger partial charge in [0.25, 0.3) is 0 Å². The molecule has 1 fully saturated rings. The third-order valence-corrected chi connectivity index (χ3v) is 6.22. The maximum Gasteiger partial charge on any atom is 0.230 e. The zero-order chi connectivity index (χ0) is 22.9. The first-order valence-electron chi connectivity index (χ1n) is 10.8. The Bertz CT molecular complexity index is 1290. The Hall–Kier alpha value is -3.65. The molecule has 33 heavy (non-hydrogen) atoms. The normalized spacial score (nSPS) is 14.5. The number of halogens is 1. The molecule has 8 nitrogen and oxygen atoms in total. The first-order chi connectivity index (χ1) is 16.0. The number of hydrogen-bond acceptors (Lipinski definition) is 6. The Morgan fingerprint density at radius 3 is 2.58 bits per heavy atom. The van der Waals surface area contributed by atoms with Crippen LogP contribution in [-0.2, 0) is 4.79 Å². The summed E-state index contributed by atoms with van der Waals surface area (Å²) in [5.74, 6) is 1.47. The number of amides is 1. The lowest BCUT2D eigenvalue weighted by molar-refractivity contribution is -0.130. The van der Waals surface area contributed by atoms with E-state index >= 15 is 0 Å². The zero-order valence-electron chi connectivity index (χ0n) is 18.1. The van der Waals surface area contributed by atoms with E-state index in [0.29, 0.717) is 28.1 Å². The van der Waals surface area contributed by atoms with E-state index in [9.17, 15) is 4.79 Å². The number of benzene rings is 1. The van der Waals surface area contributed by atoms with Crippen molar-refractivity contribution in [2.45, 2.75) is 25.8 Å². The van der Waals surface area contributed by atoms with Gasteiger partial charge in [0.1, 0.15) is 5.82 Å². The molecular weight excluding hydrogens is 440 g/mol. The molecule has 0 radical (unpaired) electrons. The molecule has 0 spiro atoms. The van der Waals surface area contributed by atoms with Gasteiger partial charge in [-0.25, -0.2) is 9.97 Å². The Morgan fingerprint density at radius 1 is 1.09 bits per heavy atom. The topological polar surface area (TPSA) is 103 Å². The maximum atomic E-state index is 11.6. The van der Waals surface area contributed by atoms with Crippen molar-refractivity contribution in [1.29, 1.82) is 0 Å². The van der Waals surface area contributed by atoms with Gasteiger partial charge in [-0.15, -0.1) is 0 Å². The molecule has 4 heterocycles. The van der Waals surface area contributed by atoms with Crippen LogP contribution in [0.25, 0.3) is 34.0 Å². The summed E-state index contributed by atoms with van der Waals surface area (Å²) >= 11 is 5.97. The highest BCUT2D eigenvalue weighted by Gasteiger charge is 2.23. The Balaban J connectivity index is 1.38. The fourth-order valence-electron chi connectivity index (χ4n) is 4.07. The smallest absolute Gasteiger partial charge is 0.230 e. The Kier molecular flexibility index (Phi) is 5.60. The van der Waals surface area contributed by atoms with Crippen LogP contribution in [0.2, 0.25) is 5.02 Å². The number of hydrogen-bond donors (Lipinski definition) is 1. The molecule has 0 atom stereocenters. The molecular formula is C24H23ClN6O2. The van der Waals surface area contributed by atoms with E-state index in [0.717, 1.165) is 42.8 Å². The van der Waals surface area contributed by atoms with Crippen LogP contribution in [0.5, 0.6) is 0 Å². The average molecular weight is 463 g/mol. The van der Waals surface area contributed by atoms with E-state index in [4.69, 9.17) is 26.9 Å². The maximum absolute atomic E-state index is 11.6. The molecule has 1 aromatic carbocycles. The van der Waals surface area contributed by atoms with Crippen LogP contribution in [0.15, 0.2) is 59.4 Å². The number of nitrogens with zero attached hydrogens (tertiary/aromatic N) is 5. The van der Waals surface area contributed by atoms with Gasteiger partial charge in [0.2, 0.25) is 11.8 Å².